The Labute approximate surface area is 113 Å². The Morgan fingerprint density at radius 2 is 2.31 bits per heavy atom. The summed E-state index contributed by atoms with van der Waals surface area (Å²) in [5.41, 5.74) is 1.74. The van der Waals surface area contributed by atoms with Gasteiger partial charge in [-0.1, -0.05) is 25.4 Å². The Morgan fingerprint density at radius 3 is 3.00 bits per heavy atom. The molecule has 0 spiro atoms. The normalized spacial score (nSPS) is 11.3. The van der Waals surface area contributed by atoms with Gasteiger partial charge in [-0.2, -0.15) is 5.10 Å². The van der Waals surface area contributed by atoms with E-state index in [0.717, 1.165) is 21.6 Å². The zero-order valence-electron chi connectivity index (χ0n) is 9.04. The highest BCUT2D eigenvalue weighted by Crippen LogP contribution is 2.20. The Kier molecular flexibility index (Phi) is 3.53. The van der Waals surface area contributed by atoms with Crippen LogP contribution in [0, 0.1) is 9.62 Å². The first kappa shape index (κ1) is 11.9. The van der Waals surface area contributed by atoms with Gasteiger partial charge in [0.25, 0.3) is 0 Å². The maximum atomic E-state index is 5.95. The standard InChI is InChI=1S/C10H12ClIN4/c1-6(2)4-13-7-3-8(11)15-16-5-9(12)14-10(7)16/h3,5-6,13H,4H2,1-2H3. The number of fused-ring (bicyclic) bond motifs is 1. The summed E-state index contributed by atoms with van der Waals surface area (Å²) in [6, 6.07) is 1.81. The molecule has 0 amide bonds. The molecule has 6 heteroatoms. The SMILES string of the molecule is CC(C)CNc1cc(Cl)nn2cc(I)nc12. The third kappa shape index (κ3) is 2.57. The lowest BCUT2D eigenvalue weighted by Crippen LogP contribution is -2.09. The molecule has 0 radical (unpaired) electrons. The molecular formula is C10H12ClIN4. The van der Waals surface area contributed by atoms with E-state index >= 15 is 0 Å². The highest BCUT2D eigenvalue weighted by molar-refractivity contribution is 14.1. The van der Waals surface area contributed by atoms with Crippen LogP contribution in [0.2, 0.25) is 5.15 Å². The second kappa shape index (κ2) is 4.75. The third-order valence-electron chi connectivity index (χ3n) is 2.07. The molecule has 0 aliphatic rings. The Hall–Kier alpha value is -0.560. The van der Waals surface area contributed by atoms with Crippen molar-refractivity contribution in [2.45, 2.75) is 13.8 Å². The third-order valence-corrected chi connectivity index (χ3v) is 2.77. The number of nitrogens with zero attached hydrogens (tertiary/aromatic N) is 3. The van der Waals surface area contributed by atoms with Crippen molar-refractivity contribution in [3.63, 3.8) is 0 Å². The molecular weight excluding hydrogens is 338 g/mol. The summed E-state index contributed by atoms with van der Waals surface area (Å²) in [6.07, 6.45) is 1.85. The van der Waals surface area contributed by atoms with E-state index in [-0.39, 0.29) is 0 Å². The van der Waals surface area contributed by atoms with Crippen LogP contribution in [0.1, 0.15) is 13.8 Å². The van der Waals surface area contributed by atoms with Crippen LogP contribution >= 0.6 is 34.2 Å². The smallest absolute Gasteiger partial charge is 0.178 e. The summed E-state index contributed by atoms with van der Waals surface area (Å²) >= 11 is 8.11. The molecule has 2 aromatic rings. The molecule has 2 heterocycles. The fourth-order valence-electron chi connectivity index (χ4n) is 1.36. The van der Waals surface area contributed by atoms with Crippen LogP contribution in [0.4, 0.5) is 5.69 Å². The molecule has 0 saturated carbocycles. The molecule has 0 bridgehead atoms. The summed E-state index contributed by atoms with van der Waals surface area (Å²) in [4.78, 5) is 4.40. The van der Waals surface area contributed by atoms with Crippen molar-refractivity contribution >= 4 is 45.5 Å². The predicted octanol–water partition coefficient (Wildman–Crippen LogP) is 3.06. The second-order valence-corrected chi connectivity index (χ2v) is 5.48. The Morgan fingerprint density at radius 1 is 1.56 bits per heavy atom. The van der Waals surface area contributed by atoms with E-state index in [1.54, 1.807) is 4.52 Å². The van der Waals surface area contributed by atoms with Crippen LogP contribution in [-0.2, 0) is 0 Å². The summed E-state index contributed by atoms with van der Waals surface area (Å²) in [7, 11) is 0. The van der Waals surface area contributed by atoms with Crippen LogP contribution in [0.15, 0.2) is 12.3 Å². The number of aromatic nitrogens is 3. The lowest BCUT2D eigenvalue weighted by molar-refractivity contribution is 0.688. The first-order valence-corrected chi connectivity index (χ1v) is 6.47. The molecule has 0 aromatic carbocycles. The van der Waals surface area contributed by atoms with Gasteiger partial charge in [-0.05, 0) is 28.5 Å². The zero-order chi connectivity index (χ0) is 11.7. The number of halogens is 2. The highest BCUT2D eigenvalue weighted by atomic mass is 127. The van der Waals surface area contributed by atoms with E-state index in [0.29, 0.717) is 11.1 Å². The van der Waals surface area contributed by atoms with Gasteiger partial charge in [-0.3, -0.25) is 0 Å². The fraction of sp³-hybridized carbons (Fsp3) is 0.400. The van der Waals surface area contributed by atoms with Crippen molar-refractivity contribution in [3.05, 3.63) is 21.1 Å². The number of imidazole rings is 1. The molecule has 0 unspecified atom stereocenters. The van der Waals surface area contributed by atoms with Crippen molar-refractivity contribution in [1.82, 2.24) is 14.6 Å². The second-order valence-electron chi connectivity index (χ2n) is 3.99. The minimum absolute atomic E-state index is 0.465. The fourth-order valence-corrected chi connectivity index (χ4v) is 2.05. The topological polar surface area (TPSA) is 42.2 Å². The van der Waals surface area contributed by atoms with Gasteiger partial charge in [0, 0.05) is 12.6 Å². The first-order valence-electron chi connectivity index (χ1n) is 5.01. The maximum absolute atomic E-state index is 5.95. The van der Waals surface area contributed by atoms with E-state index < -0.39 is 0 Å². The van der Waals surface area contributed by atoms with Gasteiger partial charge < -0.3 is 5.32 Å². The molecule has 0 fully saturated rings. The monoisotopic (exact) mass is 350 g/mol. The van der Waals surface area contributed by atoms with E-state index in [1.807, 2.05) is 12.3 Å². The van der Waals surface area contributed by atoms with E-state index in [1.165, 1.54) is 0 Å². The number of anilines is 1. The highest BCUT2D eigenvalue weighted by Gasteiger charge is 2.08. The molecule has 0 saturated heterocycles. The molecule has 1 N–H and O–H groups in total. The average molecular weight is 351 g/mol. The number of hydrogen-bond donors (Lipinski definition) is 1. The van der Waals surface area contributed by atoms with Crippen LogP contribution in [0.3, 0.4) is 0 Å². The lowest BCUT2D eigenvalue weighted by atomic mass is 10.2. The van der Waals surface area contributed by atoms with Gasteiger partial charge in [0.1, 0.15) is 3.70 Å². The summed E-state index contributed by atoms with van der Waals surface area (Å²) in [5.74, 6) is 0.570. The molecule has 2 aromatic heterocycles. The molecule has 0 aliphatic heterocycles. The van der Waals surface area contributed by atoms with Crippen LogP contribution in [0.25, 0.3) is 5.65 Å². The quantitative estimate of drug-likeness (QED) is 0.865. The Bertz CT molecular complexity index is 509. The van der Waals surface area contributed by atoms with Gasteiger partial charge in [0.2, 0.25) is 0 Å². The van der Waals surface area contributed by atoms with Crippen molar-refractivity contribution in [2.24, 2.45) is 5.92 Å². The van der Waals surface area contributed by atoms with E-state index in [9.17, 15) is 0 Å². The zero-order valence-corrected chi connectivity index (χ0v) is 12.0. The number of nitrogens with one attached hydrogen (secondary N) is 1. The molecule has 86 valence electrons. The van der Waals surface area contributed by atoms with Crippen LogP contribution in [-0.4, -0.2) is 21.1 Å². The molecule has 0 aliphatic carbocycles. The molecule has 16 heavy (non-hydrogen) atoms. The first-order chi connectivity index (χ1) is 7.56. The summed E-state index contributed by atoms with van der Waals surface area (Å²) in [5, 5.41) is 7.95. The summed E-state index contributed by atoms with van der Waals surface area (Å²) in [6.45, 7) is 5.20. The average Bonchev–Trinajstić information content (AvgIpc) is 2.54. The molecule has 0 atom stereocenters. The van der Waals surface area contributed by atoms with E-state index in [2.05, 4.69) is 51.8 Å². The molecule has 2 rings (SSSR count). The van der Waals surface area contributed by atoms with E-state index in [4.69, 9.17) is 11.6 Å². The summed E-state index contributed by atoms with van der Waals surface area (Å²) < 4.78 is 2.60. The number of hydrogen-bond acceptors (Lipinski definition) is 3. The van der Waals surface area contributed by atoms with Crippen molar-refractivity contribution in [2.75, 3.05) is 11.9 Å². The minimum Gasteiger partial charge on any atom is -0.382 e. The van der Waals surface area contributed by atoms with Crippen molar-refractivity contribution < 1.29 is 0 Å². The van der Waals surface area contributed by atoms with Gasteiger partial charge in [-0.25, -0.2) is 9.50 Å². The van der Waals surface area contributed by atoms with Gasteiger partial charge >= 0.3 is 0 Å². The van der Waals surface area contributed by atoms with Crippen LogP contribution < -0.4 is 5.32 Å². The van der Waals surface area contributed by atoms with Gasteiger partial charge in [-0.15, -0.1) is 0 Å². The maximum Gasteiger partial charge on any atom is 0.178 e. The van der Waals surface area contributed by atoms with Crippen molar-refractivity contribution in [3.8, 4) is 0 Å². The van der Waals surface area contributed by atoms with Crippen molar-refractivity contribution in [1.29, 1.82) is 0 Å². The minimum atomic E-state index is 0.465. The lowest BCUT2D eigenvalue weighted by Gasteiger charge is -2.09. The van der Waals surface area contributed by atoms with Crippen LogP contribution in [0.5, 0.6) is 0 Å². The largest absolute Gasteiger partial charge is 0.382 e. The number of rotatable bonds is 3. The Balaban J connectivity index is 2.41. The predicted molar refractivity (Wildman–Crippen MR) is 74.0 cm³/mol. The van der Waals surface area contributed by atoms with Gasteiger partial charge in [0.15, 0.2) is 10.8 Å². The molecule has 4 nitrogen and oxygen atoms in total. The van der Waals surface area contributed by atoms with Gasteiger partial charge in [0.05, 0.1) is 11.9 Å².